The third kappa shape index (κ3) is 3.93. The fourth-order valence-electron chi connectivity index (χ4n) is 7.61. The van der Waals surface area contributed by atoms with Gasteiger partial charge in [-0.25, -0.2) is 15.1 Å². The van der Waals surface area contributed by atoms with Crippen LogP contribution in [0.3, 0.4) is 0 Å². The molecule has 13 nitrogen and oxygen atoms in total. The van der Waals surface area contributed by atoms with Crippen molar-refractivity contribution < 1.29 is 24.5 Å². The smallest absolute Gasteiger partial charge is 0.343 e. The summed E-state index contributed by atoms with van der Waals surface area (Å²) in [5.74, 6) is -0.381. The van der Waals surface area contributed by atoms with Gasteiger partial charge in [0.05, 0.1) is 12.6 Å². The van der Waals surface area contributed by atoms with Gasteiger partial charge in [-0.05, 0) is 46.9 Å². The molecule has 3 aromatic rings. The average molecular weight is 607 g/mol. The zero-order valence-electron chi connectivity index (χ0n) is 24.2. The molecule has 4 aliphatic heterocycles. The molecule has 8 N–H and O–H groups in total. The average Bonchev–Trinajstić information content (AvgIpc) is 3.76. The van der Waals surface area contributed by atoms with Crippen LogP contribution in [-0.2, 0) is 11.2 Å². The highest BCUT2D eigenvalue weighted by molar-refractivity contribution is 6.12. The second-order valence-corrected chi connectivity index (χ2v) is 12.1. The summed E-state index contributed by atoms with van der Waals surface area (Å²) in [6.45, 7) is -0.0158. The van der Waals surface area contributed by atoms with Gasteiger partial charge >= 0.3 is 12.0 Å². The molecule has 0 radical (unpaired) electrons. The molecule has 0 bridgehead atoms. The van der Waals surface area contributed by atoms with E-state index in [1.54, 1.807) is 35.2 Å². The number of anilines is 1. The van der Waals surface area contributed by atoms with Crippen LogP contribution in [0.2, 0.25) is 0 Å². The van der Waals surface area contributed by atoms with Crippen molar-refractivity contribution in [1.82, 2.24) is 20.4 Å². The molecule has 45 heavy (non-hydrogen) atoms. The normalized spacial score (nSPS) is 27.8. The lowest BCUT2D eigenvalue weighted by Gasteiger charge is -2.43. The maximum absolute atomic E-state index is 13.8. The Kier molecular flexibility index (Phi) is 5.91. The fraction of sp³-hybridized carbons (Fsp3) is 0.281. The Hall–Kier alpha value is -5.43. The molecule has 1 spiro atoms. The summed E-state index contributed by atoms with van der Waals surface area (Å²) in [6.07, 6.45) is -0.537. The number of guanidine groups is 2. The molecular weight excluding hydrogens is 574 g/mol. The molecule has 0 aromatic heterocycles. The highest BCUT2D eigenvalue weighted by atomic mass is 16.3. The lowest BCUT2D eigenvalue weighted by molar-refractivity contribution is -0.514. The summed E-state index contributed by atoms with van der Waals surface area (Å²) >= 11 is 0. The van der Waals surface area contributed by atoms with Gasteiger partial charge in [0.15, 0.2) is 12.0 Å². The number of aliphatic hydroxyl groups is 1. The largest absolute Gasteiger partial charge is 0.385 e. The van der Waals surface area contributed by atoms with Crippen molar-refractivity contribution in [2.24, 2.45) is 16.5 Å². The number of rotatable bonds is 5. The molecule has 2 fully saturated rings. The number of hydrogen-bond acceptors (Lipinski definition) is 9. The minimum Gasteiger partial charge on any atom is -0.385 e. The fourth-order valence-corrected chi connectivity index (χ4v) is 7.61. The maximum Gasteiger partial charge on any atom is 0.343 e. The summed E-state index contributed by atoms with van der Waals surface area (Å²) in [5.41, 5.74) is 16.9. The second-order valence-electron chi connectivity index (χ2n) is 12.1. The molecule has 2 saturated heterocycles. The summed E-state index contributed by atoms with van der Waals surface area (Å²) in [7, 11) is 0. The molecule has 8 rings (SSSR count). The number of aliphatic hydroxyl groups excluding tert-OH is 1. The molecule has 4 heterocycles. The number of para-hydroxylation sites is 1. The molecule has 5 atom stereocenters. The monoisotopic (exact) mass is 606 g/mol. The molecular formula is C32H32N9O4+. The molecule has 5 aliphatic rings. The van der Waals surface area contributed by atoms with Crippen LogP contribution < -0.4 is 32.0 Å². The van der Waals surface area contributed by atoms with Crippen molar-refractivity contribution in [1.29, 1.82) is 0 Å². The number of urea groups is 1. The van der Waals surface area contributed by atoms with Gasteiger partial charge in [-0.3, -0.25) is 30.1 Å². The van der Waals surface area contributed by atoms with E-state index in [0.29, 0.717) is 17.7 Å². The number of imide groups is 1. The maximum atomic E-state index is 13.8. The van der Waals surface area contributed by atoms with Crippen molar-refractivity contribution in [2.75, 3.05) is 24.5 Å². The molecule has 0 saturated carbocycles. The van der Waals surface area contributed by atoms with Crippen LogP contribution in [0.5, 0.6) is 0 Å². The Morgan fingerprint density at radius 3 is 2.62 bits per heavy atom. The number of nitrogens with two attached hydrogens (primary N) is 2. The van der Waals surface area contributed by atoms with E-state index in [9.17, 15) is 19.5 Å². The van der Waals surface area contributed by atoms with Crippen LogP contribution in [0.25, 0.3) is 11.1 Å². The number of hydrogen-bond donors (Lipinski definition) is 6. The second kappa shape index (κ2) is 9.79. The number of nitrogens with one attached hydrogen (secondary N) is 3. The third-order valence-electron chi connectivity index (χ3n) is 9.64. The van der Waals surface area contributed by atoms with Gasteiger partial charge in [-0.15, -0.1) is 0 Å². The molecule has 3 aromatic carbocycles. The van der Waals surface area contributed by atoms with Crippen LogP contribution in [0.15, 0.2) is 77.8 Å². The minimum atomic E-state index is -1.28. The van der Waals surface area contributed by atoms with Crippen LogP contribution >= 0.6 is 0 Å². The van der Waals surface area contributed by atoms with Crippen LogP contribution in [0.1, 0.15) is 21.5 Å². The Labute approximate surface area is 258 Å². The predicted octanol–water partition coefficient (Wildman–Crippen LogP) is -1.74. The van der Waals surface area contributed by atoms with E-state index in [0.717, 1.165) is 27.2 Å². The minimum absolute atomic E-state index is 0.0790. The third-order valence-corrected chi connectivity index (χ3v) is 9.64. The van der Waals surface area contributed by atoms with Crippen molar-refractivity contribution in [3.05, 3.63) is 89.5 Å². The first-order chi connectivity index (χ1) is 21.8. The van der Waals surface area contributed by atoms with Gasteiger partial charge in [0, 0.05) is 17.8 Å². The van der Waals surface area contributed by atoms with Gasteiger partial charge in [-0.1, -0.05) is 54.6 Å². The quantitative estimate of drug-likeness (QED) is 0.145. The zero-order chi connectivity index (χ0) is 31.0. The Balaban J connectivity index is 1.05. The first kappa shape index (κ1) is 27.1. The van der Waals surface area contributed by atoms with Gasteiger partial charge in [0.1, 0.15) is 18.7 Å². The Bertz CT molecular complexity index is 1830. The van der Waals surface area contributed by atoms with E-state index in [4.69, 9.17) is 11.5 Å². The topological polar surface area (TPSA) is 184 Å². The SMILES string of the molecule is NC1=NC(CN2C(=O)CN(c3ccccc3)C2=O)C2[NH+]=C(N)NC23C(O)[C@@H](NC(=O)c2cccc4c2Cc2ccccc2-4)CN13. The van der Waals surface area contributed by atoms with E-state index < -0.39 is 35.9 Å². The van der Waals surface area contributed by atoms with Crippen LogP contribution in [0.4, 0.5) is 10.5 Å². The molecule has 4 unspecified atom stereocenters. The molecule has 13 heteroatoms. The number of carbonyl (C=O) groups is 3. The van der Waals surface area contributed by atoms with E-state index in [1.807, 2.05) is 30.3 Å². The summed E-state index contributed by atoms with van der Waals surface area (Å²) < 4.78 is 0. The summed E-state index contributed by atoms with van der Waals surface area (Å²) in [6, 6.07) is 20.1. The Morgan fingerprint density at radius 2 is 1.80 bits per heavy atom. The van der Waals surface area contributed by atoms with Gasteiger partial charge in [0.25, 0.3) is 11.8 Å². The van der Waals surface area contributed by atoms with Gasteiger partial charge in [-0.2, -0.15) is 0 Å². The van der Waals surface area contributed by atoms with Crippen molar-refractivity contribution in [3.8, 4) is 11.1 Å². The number of nitrogens with zero attached hydrogens (tertiary/aromatic N) is 4. The molecule has 1 aliphatic carbocycles. The first-order valence-corrected chi connectivity index (χ1v) is 14.9. The lowest BCUT2D eigenvalue weighted by atomic mass is 9.87. The number of amides is 4. The Morgan fingerprint density at radius 1 is 1.04 bits per heavy atom. The number of carbonyl (C=O) groups excluding carboxylic acids is 3. The summed E-state index contributed by atoms with van der Waals surface area (Å²) in [5, 5.41) is 18.1. The van der Waals surface area contributed by atoms with Crippen molar-refractivity contribution in [3.63, 3.8) is 0 Å². The van der Waals surface area contributed by atoms with Gasteiger partial charge < -0.3 is 21.1 Å². The first-order valence-electron chi connectivity index (χ1n) is 14.9. The van der Waals surface area contributed by atoms with E-state index in [-0.39, 0.29) is 43.4 Å². The lowest BCUT2D eigenvalue weighted by Crippen LogP contribution is -2.88. The highest BCUT2D eigenvalue weighted by Gasteiger charge is 2.69. The predicted molar refractivity (Wildman–Crippen MR) is 165 cm³/mol. The zero-order valence-corrected chi connectivity index (χ0v) is 24.2. The van der Waals surface area contributed by atoms with Crippen LogP contribution in [0, 0.1) is 0 Å². The molecule has 4 amide bonds. The number of aliphatic imine (C=N–C) groups is 1. The number of fused-ring (bicyclic) bond motifs is 3. The standard InChI is InChI=1S/C32H31N9O4/c33-29-37-26-23(14-40-25(42)16-39(31(40)45)18-8-2-1-3-9-18)36-30(34)41-15-24(27(43)32(26,41)38-29)35-28(44)21-12-6-11-20-19-10-5-4-7-17(19)13-22(20)21/h1-12,23-24,26-27,43H,13-16H2,(H2,34,36)(H,35,44)(H3,33,37,38)/p+1/t23?,24-,26?,27?,32?/m0/s1. The van der Waals surface area contributed by atoms with Crippen molar-refractivity contribution >= 4 is 35.5 Å². The van der Waals surface area contributed by atoms with E-state index >= 15 is 0 Å². The van der Waals surface area contributed by atoms with E-state index in [1.165, 1.54) is 4.90 Å². The van der Waals surface area contributed by atoms with Crippen LogP contribution in [-0.4, -0.2) is 94.2 Å². The van der Waals surface area contributed by atoms with Crippen molar-refractivity contribution in [2.45, 2.75) is 36.3 Å². The molecule has 228 valence electrons. The highest BCUT2D eigenvalue weighted by Crippen LogP contribution is 2.39. The number of benzene rings is 3. The van der Waals surface area contributed by atoms with E-state index in [2.05, 4.69) is 32.8 Å². The van der Waals surface area contributed by atoms with Gasteiger partial charge in [0.2, 0.25) is 5.66 Å². The summed E-state index contributed by atoms with van der Waals surface area (Å²) in [4.78, 5) is 52.2.